The third-order valence-corrected chi connectivity index (χ3v) is 1.67. The van der Waals surface area contributed by atoms with E-state index >= 15 is 0 Å². The van der Waals surface area contributed by atoms with Crippen molar-refractivity contribution < 1.29 is 24.4 Å². The average molecular weight is 225 g/mol. The Morgan fingerprint density at radius 2 is 2.06 bits per heavy atom. The van der Waals surface area contributed by atoms with Gasteiger partial charge in [-0.15, -0.1) is 0 Å². The van der Waals surface area contributed by atoms with E-state index in [1.807, 2.05) is 0 Å². The lowest BCUT2D eigenvalue weighted by Gasteiger charge is -2.05. The summed E-state index contributed by atoms with van der Waals surface area (Å²) < 4.78 is 4.54. The number of carboxylic acid groups (broad SMARTS) is 1. The maximum Gasteiger partial charge on any atom is 0.339 e. The lowest BCUT2D eigenvalue weighted by atomic mass is 10.2. The zero-order valence-electron chi connectivity index (χ0n) is 8.17. The van der Waals surface area contributed by atoms with Crippen LogP contribution in [0.25, 0.3) is 0 Å². The van der Waals surface area contributed by atoms with Crippen molar-refractivity contribution in [3.8, 4) is 5.75 Å². The van der Waals surface area contributed by atoms with Gasteiger partial charge >= 0.3 is 17.6 Å². The first kappa shape index (κ1) is 11.6. The molecule has 1 rings (SSSR count). The summed E-state index contributed by atoms with van der Waals surface area (Å²) in [6, 6.07) is 3.38. The van der Waals surface area contributed by atoms with Crippen molar-refractivity contribution in [3.63, 3.8) is 0 Å². The molecule has 0 unspecified atom stereocenters. The molecule has 0 atom stereocenters. The normalized spacial score (nSPS) is 9.56. The molecular formula is C9H7NO6. The summed E-state index contributed by atoms with van der Waals surface area (Å²) in [5.41, 5.74) is -0.987. The third-order valence-electron chi connectivity index (χ3n) is 1.67. The molecule has 0 bridgehead atoms. The van der Waals surface area contributed by atoms with Crippen LogP contribution in [0.15, 0.2) is 18.2 Å². The maximum absolute atomic E-state index is 10.8. The van der Waals surface area contributed by atoms with Crippen LogP contribution >= 0.6 is 0 Å². The van der Waals surface area contributed by atoms with Crippen molar-refractivity contribution in [1.82, 2.24) is 0 Å². The molecule has 0 aliphatic rings. The van der Waals surface area contributed by atoms with Gasteiger partial charge in [-0.1, -0.05) is 6.07 Å². The topological polar surface area (TPSA) is 107 Å². The standard InChI is InChI=1S/C9H7NO6/c1-5(11)16-8-6(9(12)13)3-2-4-7(8)10(14)15/h2-4H,1H3,(H,12,13). The van der Waals surface area contributed by atoms with Gasteiger partial charge in [0.25, 0.3) is 0 Å². The van der Waals surface area contributed by atoms with Crippen LogP contribution < -0.4 is 4.74 Å². The van der Waals surface area contributed by atoms with Crippen LogP contribution in [0.2, 0.25) is 0 Å². The molecule has 0 amide bonds. The van der Waals surface area contributed by atoms with E-state index in [9.17, 15) is 19.7 Å². The van der Waals surface area contributed by atoms with Gasteiger partial charge in [-0.25, -0.2) is 4.79 Å². The van der Waals surface area contributed by atoms with Crippen LogP contribution in [0.4, 0.5) is 5.69 Å². The van der Waals surface area contributed by atoms with Gasteiger partial charge in [-0.05, 0) is 6.07 Å². The van der Waals surface area contributed by atoms with Gasteiger partial charge in [0.1, 0.15) is 5.56 Å². The van der Waals surface area contributed by atoms with Crippen LogP contribution in [0.3, 0.4) is 0 Å². The second-order valence-corrected chi connectivity index (χ2v) is 2.81. The van der Waals surface area contributed by atoms with E-state index in [2.05, 4.69) is 4.74 Å². The SMILES string of the molecule is CC(=O)Oc1c(C(=O)O)cccc1[N+](=O)[O-]. The monoisotopic (exact) mass is 225 g/mol. The van der Waals surface area contributed by atoms with Gasteiger partial charge in [-0.3, -0.25) is 14.9 Å². The van der Waals surface area contributed by atoms with E-state index in [0.29, 0.717) is 0 Å². The predicted octanol–water partition coefficient (Wildman–Crippen LogP) is 1.22. The zero-order chi connectivity index (χ0) is 12.3. The van der Waals surface area contributed by atoms with Gasteiger partial charge < -0.3 is 9.84 Å². The first-order chi connectivity index (χ1) is 7.43. The Balaban J connectivity index is 3.40. The molecule has 0 fully saturated rings. The Morgan fingerprint density at radius 1 is 1.44 bits per heavy atom. The molecule has 1 aromatic rings. The molecule has 1 N–H and O–H groups in total. The zero-order valence-corrected chi connectivity index (χ0v) is 8.17. The van der Waals surface area contributed by atoms with Crippen molar-refractivity contribution >= 4 is 17.6 Å². The first-order valence-corrected chi connectivity index (χ1v) is 4.12. The number of aromatic carboxylic acids is 1. The lowest BCUT2D eigenvalue weighted by Crippen LogP contribution is -2.09. The Morgan fingerprint density at radius 3 is 2.50 bits per heavy atom. The Hall–Kier alpha value is -2.44. The summed E-state index contributed by atoms with van der Waals surface area (Å²) in [5, 5.41) is 19.4. The van der Waals surface area contributed by atoms with Gasteiger partial charge in [0.2, 0.25) is 5.75 Å². The largest absolute Gasteiger partial charge is 0.478 e. The molecule has 0 saturated carbocycles. The van der Waals surface area contributed by atoms with Crippen molar-refractivity contribution in [2.75, 3.05) is 0 Å². The number of carboxylic acids is 1. The number of ether oxygens (including phenoxy) is 1. The van der Waals surface area contributed by atoms with Crippen LogP contribution in [0, 0.1) is 10.1 Å². The van der Waals surface area contributed by atoms with E-state index in [0.717, 1.165) is 19.1 Å². The van der Waals surface area contributed by atoms with E-state index in [4.69, 9.17) is 5.11 Å². The van der Waals surface area contributed by atoms with E-state index in [1.54, 1.807) is 0 Å². The number of nitrogens with zero attached hydrogens (tertiary/aromatic N) is 1. The summed E-state index contributed by atoms with van der Waals surface area (Å²) in [5.74, 6) is -2.77. The van der Waals surface area contributed by atoms with Crippen molar-refractivity contribution in [2.45, 2.75) is 6.92 Å². The van der Waals surface area contributed by atoms with Crippen molar-refractivity contribution in [2.24, 2.45) is 0 Å². The smallest absolute Gasteiger partial charge is 0.339 e. The third kappa shape index (κ3) is 2.32. The summed E-state index contributed by atoms with van der Waals surface area (Å²) >= 11 is 0. The second-order valence-electron chi connectivity index (χ2n) is 2.81. The number of nitro groups is 1. The summed E-state index contributed by atoms with van der Waals surface area (Å²) in [6.45, 7) is 1.03. The molecule has 0 saturated heterocycles. The van der Waals surface area contributed by atoms with Crippen LogP contribution in [0.1, 0.15) is 17.3 Å². The van der Waals surface area contributed by atoms with E-state index < -0.39 is 33.9 Å². The number of benzene rings is 1. The van der Waals surface area contributed by atoms with Gasteiger partial charge in [-0.2, -0.15) is 0 Å². The van der Waals surface area contributed by atoms with Crippen LogP contribution in [0.5, 0.6) is 5.75 Å². The van der Waals surface area contributed by atoms with E-state index in [1.165, 1.54) is 6.07 Å². The molecule has 0 spiro atoms. The maximum atomic E-state index is 10.8. The fraction of sp³-hybridized carbons (Fsp3) is 0.111. The highest BCUT2D eigenvalue weighted by molar-refractivity contribution is 5.93. The number of carbonyl (C=O) groups excluding carboxylic acids is 1. The lowest BCUT2D eigenvalue weighted by molar-refractivity contribution is -0.385. The second kappa shape index (κ2) is 4.39. The molecule has 0 aromatic heterocycles. The van der Waals surface area contributed by atoms with E-state index in [-0.39, 0.29) is 0 Å². The average Bonchev–Trinajstić information content (AvgIpc) is 2.16. The summed E-state index contributed by atoms with van der Waals surface area (Å²) in [4.78, 5) is 31.3. The minimum atomic E-state index is -1.40. The Kier molecular flexibility index (Phi) is 3.19. The fourth-order valence-corrected chi connectivity index (χ4v) is 1.09. The predicted molar refractivity (Wildman–Crippen MR) is 51.4 cm³/mol. The number of nitro benzene ring substituents is 1. The molecule has 0 aliphatic carbocycles. The van der Waals surface area contributed by atoms with Crippen LogP contribution in [-0.4, -0.2) is 22.0 Å². The number of esters is 1. The highest BCUT2D eigenvalue weighted by atomic mass is 16.6. The molecule has 0 radical (unpaired) electrons. The number of hydrogen-bond donors (Lipinski definition) is 1. The summed E-state index contributed by atoms with van der Waals surface area (Å²) in [7, 11) is 0. The number of carbonyl (C=O) groups is 2. The fourth-order valence-electron chi connectivity index (χ4n) is 1.09. The van der Waals surface area contributed by atoms with Gasteiger partial charge in [0.15, 0.2) is 0 Å². The molecule has 84 valence electrons. The quantitative estimate of drug-likeness (QED) is 0.358. The number of para-hydroxylation sites is 1. The highest BCUT2D eigenvalue weighted by Gasteiger charge is 2.24. The minimum Gasteiger partial charge on any atom is -0.478 e. The van der Waals surface area contributed by atoms with Crippen molar-refractivity contribution in [1.29, 1.82) is 0 Å². The Labute approximate surface area is 89.4 Å². The molecule has 7 heteroatoms. The summed E-state index contributed by atoms with van der Waals surface area (Å²) in [6.07, 6.45) is 0. The van der Waals surface area contributed by atoms with Crippen molar-refractivity contribution in [3.05, 3.63) is 33.9 Å². The minimum absolute atomic E-state index is 0.426. The molecular weight excluding hydrogens is 218 g/mol. The number of rotatable bonds is 3. The number of hydrogen-bond acceptors (Lipinski definition) is 5. The molecule has 0 heterocycles. The van der Waals surface area contributed by atoms with Gasteiger partial charge in [0, 0.05) is 13.0 Å². The molecule has 1 aromatic carbocycles. The Bertz CT molecular complexity index is 435. The molecule has 7 nitrogen and oxygen atoms in total. The van der Waals surface area contributed by atoms with Crippen LogP contribution in [-0.2, 0) is 4.79 Å². The highest BCUT2D eigenvalue weighted by Crippen LogP contribution is 2.30. The molecule has 16 heavy (non-hydrogen) atoms. The van der Waals surface area contributed by atoms with Gasteiger partial charge in [0.05, 0.1) is 4.92 Å². The first-order valence-electron chi connectivity index (χ1n) is 4.12. The molecule has 0 aliphatic heterocycles.